The molecule has 3 aromatic rings. The number of rotatable bonds is 8. The van der Waals surface area contributed by atoms with Crippen LogP contribution < -0.4 is 4.74 Å². The molecule has 0 spiro atoms. The van der Waals surface area contributed by atoms with Crippen LogP contribution in [0.4, 0.5) is 0 Å². The van der Waals surface area contributed by atoms with E-state index < -0.39 is 5.97 Å². The molecule has 5 heteroatoms. The van der Waals surface area contributed by atoms with Crippen LogP contribution in [-0.2, 0) is 24.1 Å². The Morgan fingerprint density at radius 3 is 2.63 bits per heavy atom. The van der Waals surface area contributed by atoms with E-state index >= 15 is 0 Å². The summed E-state index contributed by atoms with van der Waals surface area (Å²) in [7, 11) is 0. The third kappa shape index (κ3) is 4.97. The van der Waals surface area contributed by atoms with Crippen molar-refractivity contribution in [2.45, 2.75) is 33.1 Å². The predicted molar refractivity (Wildman–Crippen MR) is 103 cm³/mol. The molecule has 0 atom stereocenters. The van der Waals surface area contributed by atoms with Gasteiger partial charge in [0.1, 0.15) is 11.5 Å². The van der Waals surface area contributed by atoms with Crippen molar-refractivity contribution >= 4 is 5.97 Å². The largest absolute Gasteiger partial charge is 0.493 e. The summed E-state index contributed by atoms with van der Waals surface area (Å²) in [6, 6.07) is 15.4. The third-order valence-corrected chi connectivity index (χ3v) is 4.36. The summed E-state index contributed by atoms with van der Waals surface area (Å²) >= 11 is 0. The molecule has 0 bridgehead atoms. The van der Waals surface area contributed by atoms with Crippen LogP contribution in [0.1, 0.15) is 29.5 Å². The minimum atomic E-state index is -0.857. The number of aryl methyl sites for hydroxylation is 2. The molecule has 0 unspecified atom stereocenters. The summed E-state index contributed by atoms with van der Waals surface area (Å²) < 4.78 is 11.6. The minimum absolute atomic E-state index is 0.0141. The number of aliphatic carboxylic acids is 1. The maximum Gasteiger partial charge on any atom is 0.307 e. The molecule has 0 aliphatic heterocycles. The zero-order valence-electron chi connectivity index (χ0n) is 15.6. The van der Waals surface area contributed by atoms with Crippen LogP contribution in [0.15, 0.2) is 52.9 Å². The van der Waals surface area contributed by atoms with Gasteiger partial charge in [0.2, 0.25) is 5.89 Å². The highest BCUT2D eigenvalue weighted by atomic mass is 16.5. The summed E-state index contributed by atoms with van der Waals surface area (Å²) in [5, 5.41) is 8.88. The lowest BCUT2D eigenvalue weighted by molar-refractivity contribution is -0.136. The number of carboxylic acid groups (broad SMARTS) is 1. The average Bonchev–Trinajstić information content (AvgIpc) is 3.02. The first-order chi connectivity index (χ1) is 13.0. The van der Waals surface area contributed by atoms with Crippen LogP contribution >= 0.6 is 0 Å². The normalized spacial score (nSPS) is 10.7. The lowest BCUT2D eigenvalue weighted by atomic mass is 10.1. The quantitative estimate of drug-likeness (QED) is 0.638. The molecular formula is C22H23NO4. The van der Waals surface area contributed by atoms with E-state index in [0.29, 0.717) is 24.7 Å². The molecule has 140 valence electrons. The van der Waals surface area contributed by atoms with Gasteiger partial charge in [-0.1, -0.05) is 31.2 Å². The van der Waals surface area contributed by atoms with Crippen LogP contribution in [0.5, 0.6) is 5.75 Å². The fraction of sp³-hybridized carbons (Fsp3) is 0.273. The van der Waals surface area contributed by atoms with Gasteiger partial charge in [-0.15, -0.1) is 0 Å². The zero-order chi connectivity index (χ0) is 19.2. The van der Waals surface area contributed by atoms with Gasteiger partial charge >= 0.3 is 5.97 Å². The average molecular weight is 365 g/mol. The smallest absolute Gasteiger partial charge is 0.307 e. The Morgan fingerprint density at radius 1 is 1.15 bits per heavy atom. The summed E-state index contributed by atoms with van der Waals surface area (Å²) in [4.78, 5) is 15.4. The van der Waals surface area contributed by atoms with E-state index in [0.717, 1.165) is 29.0 Å². The van der Waals surface area contributed by atoms with Crippen molar-refractivity contribution in [1.29, 1.82) is 0 Å². The molecule has 2 aromatic carbocycles. The van der Waals surface area contributed by atoms with Crippen molar-refractivity contribution in [3.8, 4) is 17.2 Å². The number of benzene rings is 2. The maximum atomic E-state index is 10.8. The minimum Gasteiger partial charge on any atom is -0.493 e. The first-order valence-corrected chi connectivity index (χ1v) is 9.04. The summed E-state index contributed by atoms with van der Waals surface area (Å²) in [6.45, 7) is 4.47. The highest BCUT2D eigenvalue weighted by Gasteiger charge is 2.12. The molecule has 1 aromatic heterocycles. The standard InChI is InChI=1S/C22H23NO4/c1-3-16-7-9-18(10-8-16)22-23-20(15(2)27-22)11-12-26-19-6-4-5-17(13-19)14-21(24)25/h4-10,13H,3,11-12,14H2,1-2H3,(H,24,25). The van der Waals surface area contributed by atoms with Crippen molar-refractivity contribution in [2.24, 2.45) is 0 Å². The first-order valence-electron chi connectivity index (χ1n) is 9.04. The molecule has 27 heavy (non-hydrogen) atoms. The number of oxazole rings is 1. The van der Waals surface area contributed by atoms with Gasteiger partial charge in [0.15, 0.2) is 0 Å². The van der Waals surface area contributed by atoms with Crippen LogP contribution in [-0.4, -0.2) is 22.7 Å². The Labute approximate surface area is 158 Å². The molecule has 0 amide bonds. The van der Waals surface area contributed by atoms with Crippen molar-refractivity contribution in [2.75, 3.05) is 6.61 Å². The first kappa shape index (κ1) is 18.7. The zero-order valence-corrected chi connectivity index (χ0v) is 15.6. The molecular weight excluding hydrogens is 342 g/mol. The van der Waals surface area contributed by atoms with Gasteiger partial charge in [0.05, 0.1) is 18.7 Å². The number of nitrogens with zero attached hydrogens (tertiary/aromatic N) is 1. The van der Waals surface area contributed by atoms with Crippen molar-refractivity contribution in [1.82, 2.24) is 4.98 Å². The van der Waals surface area contributed by atoms with Gasteiger partial charge < -0.3 is 14.3 Å². The van der Waals surface area contributed by atoms with Gasteiger partial charge in [0.25, 0.3) is 0 Å². The fourth-order valence-electron chi connectivity index (χ4n) is 2.85. The Morgan fingerprint density at radius 2 is 1.93 bits per heavy atom. The number of carbonyl (C=O) groups is 1. The lowest BCUT2D eigenvalue weighted by Gasteiger charge is -2.06. The van der Waals surface area contributed by atoms with Crippen molar-refractivity contribution in [3.63, 3.8) is 0 Å². The van der Waals surface area contributed by atoms with Gasteiger partial charge in [-0.25, -0.2) is 4.98 Å². The second-order valence-electron chi connectivity index (χ2n) is 6.39. The summed E-state index contributed by atoms with van der Waals surface area (Å²) in [5.41, 5.74) is 3.83. The number of ether oxygens (including phenoxy) is 1. The third-order valence-electron chi connectivity index (χ3n) is 4.36. The van der Waals surface area contributed by atoms with Crippen LogP contribution in [0.25, 0.3) is 11.5 Å². The Bertz CT molecular complexity index is 912. The Kier molecular flexibility index (Phi) is 5.91. The molecule has 1 heterocycles. The van der Waals surface area contributed by atoms with Crippen LogP contribution in [0.3, 0.4) is 0 Å². The number of hydrogen-bond donors (Lipinski definition) is 1. The topological polar surface area (TPSA) is 72.6 Å². The fourth-order valence-corrected chi connectivity index (χ4v) is 2.85. The monoisotopic (exact) mass is 365 g/mol. The molecule has 3 rings (SSSR count). The van der Waals surface area contributed by atoms with Gasteiger partial charge in [-0.2, -0.15) is 0 Å². The summed E-state index contributed by atoms with van der Waals surface area (Å²) in [5.74, 6) is 1.21. The van der Waals surface area contributed by atoms with Crippen LogP contribution in [0, 0.1) is 6.92 Å². The molecule has 0 fully saturated rings. The number of aromatic nitrogens is 1. The van der Waals surface area contributed by atoms with E-state index in [-0.39, 0.29) is 6.42 Å². The van der Waals surface area contributed by atoms with E-state index in [9.17, 15) is 4.79 Å². The summed E-state index contributed by atoms with van der Waals surface area (Å²) in [6.07, 6.45) is 1.60. The molecule has 1 N–H and O–H groups in total. The van der Waals surface area contributed by atoms with E-state index in [4.69, 9.17) is 14.3 Å². The SMILES string of the molecule is CCc1ccc(-c2nc(CCOc3cccc(CC(=O)O)c3)c(C)o2)cc1. The molecule has 0 saturated carbocycles. The lowest BCUT2D eigenvalue weighted by Crippen LogP contribution is -2.04. The molecule has 5 nitrogen and oxygen atoms in total. The predicted octanol–water partition coefficient (Wildman–Crippen LogP) is 4.46. The highest BCUT2D eigenvalue weighted by Crippen LogP contribution is 2.23. The van der Waals surface area contributed by atoms with E-state index in [1.165, 1.54) is 5.56 Å². The van der Waals surface area contributed by atoms with Crippen LogP contribution in [0.2, 0.25) is 0 Å². The molecule has 0 radical (unpaired) electrons. The number of hydrogen-bond acceptors (Lipinski definition) is 4. The van der Waals surface area contributed by atoms with E-state index in [2.05, 4.69) is 24.0 Å². The van der Waals surface area contributed by atoms with Gasteiger partial charge in [0, 0.05) is 12.0 Å². The molecule has 0 aliphatic rings. The van der Waals surface area contributed by atoms with Crippen molar-refractivity contribution < 1.29 is 19.1 Å². The Hall–Kier alpha value is -3.08. The molecule has 0 aliphatic carbocycles. The maximum absolute atomic E-state index is 10.8. The molecule has 0 saturated heterocycles. The van der Waals surface area contributed by atoms with E-state index in [1.807, 2.05) is 25.1 Å². The number of carboxylic acids is 1. The van der Waals surface area contributed by atoms with E-state index in [1.54, 1.807) is 18.2 Å². The van der Waals surface area contributed by atoms with Gasteiger partial charge in [-0.05, 0) is 48.7 Å². The highest BCUT2D eigenvalue weighted by molar-refractivity contribution is 5.70. The van der Waals surface area contributed by atoms with Crippen molar-refractivity contribution in [3.05, 3.63) is 71.1 Å². The second-order valence-corrected chi connectivity index (χ2v) is 6.39. The Balaban J connectivity index is 1.61. The van der Waals surface area contributed by atoms with Gasteiger partial charge in [-0.3, -0.25) is 4.79 Å². The second kappa shape index (κ2) is 8.54.